The molecule has 0 unspecified atom stereocenters. The van der Waals surface area contributed by atoms with Gasteiger partial charge >= 0.3 is 0 Å². The summed E-state index contributed by atoms with van der Waals surface area (Å²) in [5, 5.41) is 58.9. The Morgan fingerprint density at radius 1 is 0.967 bits per heavy atom. The Balaban J connectivity index is 1.76. The first-order valence-electron chi connectivity index (χ1n) is 8.91. The number of aromatic hydroxyl groups is 3. The van der Waals surface area contributed by atoms with Gasteiger partial charge in [-0.05, 0) is 24.3 Å². The smallest absolute Gasteiger partial charge is 0.238 e. The number of aliphatic hydroxyl groups is 3. The minimum atomic E-state index is -1.56. The van der Waals surface area contributed by atoms with Crippen LogP contribution < -0.4 is 10.2 Å². The van der Waals surface area contributed by atoms with Crippen LogP contribution in [0.3, 0.4) is 0 Å². The van der Waals surface area contributed by atoms with Crippen LogP contribution in [0.25, 0.3) is 22.3 Å². The van der Waals surface area contributed by atoms with E-state index in [1.54, 1.807) is 0 Å². The third kappa shape index (κ3) is 3.42. The second kappa shape index (κ2) is 7.50. The van der Waals surface area contributed by atoms with Crippen LogP contribution in [0.2, 0.25) is 0 Å². The van der Waals surface area contributed by atoms with Gasteiger partial charge in [0.2, 0.25) is 17.5 Å². The van der Waals surface area contributed by atoms with Crippen molar-refractivity contribution in [2.45, 2.75) is 24.6 Å². The fraction of sp³-hybridized carbons (Fsp3) is 0.250. The molecule has 0 aliphatic carbocycles. The number of phenols is 2. The van der Waals surface area contributed by atoms with Crippen LogP contribution in [0.15, 0.2) is 45.6 Å². The molecule has 0 spiro atoms. The number of rotatable bonds is 3. The number of ether oxygens (including phenoxy) is 2. The van der Waals surface area contributed by atoms with Crippen LogP contribution >= 0.6 is 0 Å². The molecule has 1 fully saturated rings. The molecule has 0 saturated carbocycles. The summed E-state index contributed by atoms with van der Waals surface area (Å²) in [5.41, 5.74) is -0.698. The molecule has 1 aliphatic rings. The maximum Gasteiger partial charge on any atom is 0.238 e. The fourth-order valence-electron chi connectivity index (χ4n) is 3.16. The van der Waals surface area contributed by atoms with E-state index < -0.39 is 41.5 Å². The minimum Gasteiger partial charge on any atom is -0.508 e. The van der Waals surface area contributed by atoms with Crippen LogP contribution in [-0.2, 0) is 4.74 Å². The van der Waals surface area contributed by atoms with Gasteiger partial charge < -0.3 is 44.5 Å². The summed E-state index contributed by atoms with van der Waals surface area (Å²) in [5.74, 6) is -1.53. The molecular weight excluding hydrogens is 400 g/mol. The number of aliphatic hydroxyl groups excluding tert-OH is 3. The molecule has 6 N–H and O–H groups in total. The van der Waals surface area contributed by atoms with Crippen LogP contribution in [-0.4, -0.2) is 61.8 Å². The molecule has 3 aromatic rings. The van der Waals surface area contributed by atoms with Gasteiger partial charge in [-0.15, -0.1) is 0 Å². The predicted molar refractivity (Wildman–Crippen MR) is 101 cm³/mol. The molecule has 10 heteroatoms. The zero-order valence-electron chi connectivity index (χ0n) is 15.3. The highest BCUT2D eigenvalue weighted by atomic mass is 16.7. The standard InChI is InChI=1S/C20H18O10/c21-9-3-1-8(2-4-9)19-17(26)16(25)14-11(22)5-10(6-13(14)30-19)29-20-18(27)15(24)12(23)7-28-20/h1-6,12,15,18,20-24,26-27H,7H2/t12-,15-,18-,20+/m0/s1. The average molecular weight is 418 g/mol. The van der Waals surface area contributed by atoms with E-state index in [1.807, 2.05) is 0 Å². The van der Waals surface area contributed by atoms with Crippen molar-refractivity contribution >= 4 is 11.0 Å². The first-order valence-corrected chi connectivity index (χ1v) is 8.91. The molecular formula is C20H18O10. The van der Waals surface area contributed by atoms with Gasteiger partial charge in [0.05, 0.1) is 6.61 Å². The van der Waals surface area contributed by atoms with Crippen molar-refractivity contribution in [2.24, 2.45) is 0 Å². The van der Waals surface area contributed by atoms with E-state index in [0.717, 1.165) is 6.07 Å². The lowest BCUT2D eigenvalue weighted by Gasteiger charge is -2.34. The summed E-state index contributed by atoms with van der Waals surface area (Å²) in [6.45, 7) is -0.281. The SMILES string of the molecule is O=c1c(O)c(-c2ccc(O)cc2)oc2cc(O[C@H]3OC[C@H](O)[C@H](O)[C@@H]3O)cc(O)c12. The van der Waals surface area contributed by atoms with Gasteiger partial charge in [0.15, 0.2) is 5.76 Å². The molecule has 30 heavy (non-hydrogen) atoms. The van der Waals surface area contributed by atoms with Gasteiger partial charge in [0.25, 0.3) is 0 Å². The molecule has 10 nitrogen and oxygen atoms in total. The van der Waals surface area contributed by atoms with E-state index in [-0.39, 0.29) is 34.8 Å². The van der Waals surface area contributed by atoms with Gasteiger partial charge in [0, 0.05) is 17.7 Å². The number of fused-ring (bicyclic) bond motifs is 1. The molecule has 4 rings (SSSR count). The van der Waals surface area contributed by atoms with Crippen molar-refractivity contribution in [2.75, 3.05) is 6.61 Å². The van der Waals surface area contributed by atoms with Crippen molar-refractivity contribution in [1.29, 1.82) is 0 Å². The molecule has 0 radical (unpaired) electrons. The quantitative estimate of drug-likeness (QED) is 0.350. The second-order valence-electron chi connectivity index (χ2n) is 6.84. The molecule has 2 heterocycles. The van der Waals surface area contributed by atoms with E-state index in [9.17, 15) is 35.4 Å². The lowest BCUT2D eigenvalue weighted by atomic mass is 10.1. The monoisotopic (exact) mass is 418 g/mol. The number of phenolic OH excluding ortho intramolecular Hbond substituents is 2. The van der Waals surface area contributed by atoms with Gasteiger partial charge in [-0.1, -0.05) is 0 Å². The molecule has 4 atom stereocenters. The number of benzene rings is 2. The molecule has 1 aliphatic heterocycles. The molecule has 158 valence electrons. The van der Waals surface area contributed by atoms with Crippen LogP contribution in [0.1, 0.15) is 0 Å². The summed E-state index contributed by atoms with van der Waals surface area (Å²) in [6, 6.07) is 7.85. The van der Waals surface area contributed by atoms with Gasteiger partial charge in [-0.2, -0.15) is 0 Å². The summed E-state index contributed by atoms with van der Waals surface area (Å²) < 4.78 is 16.2. The molecule has 0 amide bonds. The molecule has 2 aromatic carbocycles. The Morgan fingerprint density at radius 2 is 1.67 bits per heavy atom. The van der Waals surface area contributed by atoms with E-state index in [1.165, 1.54) is 30.3 Å². The lowest BCUT2D eigenvalue weighted by molar-refractivity contribution is -0.242. The Hall–Kier alpha value is -3.31. The highest BCUT2D eigenvalue weighted by molar-refractivity contribution is 5.88. The second-order valence-corrected chi connectivity index (χ2v) is 6.84. The first-order chi connectivity index (χ1) is 14.3. The van der Waals surface area contributed by atoms with Crippen molar-refractivity contribution in [1.82, 2.24) is 0 Å². The van der Waals surface area contributed by atoms with Gasteiger partial charge in [-0.25, -0.2) is 0 Å². The zero-order valence-corrected chi connectivity index (χ0v) is 15.3. The zero-order chi connectivity index (χ0) is 21.6. The third-order valence-electron chi connectivity index (χ3n) is 4.76. The highest BCUT2D eigenvalue weighted by Crippen LogP contribution is 2.36. The Bertz CT molecular complexity index is 1140. The normalized spacial score (nSPS) is 24.1. The van der Waals surface area contributed by atoms with E-state index in [4.69, 9.17) is 13.9 Å². The minimum absolute atomic E-state index is 0.0203. The summed E-state index contributed by atoms with van der Waals surface area (Å²) in [4.78, 5) is 12.6. The lowest BCUT2D eigenvalue weighted by Crippen LogP contribution is -2.54. The number of hydrogen-bond acceptors (Lipinski definition) is 10. The Morgan fingerprint density at radius 3 is 2.37 bits per heavy atom. The van der Waals surface area contributed by atoms with Crippen molar-refractivity contribution in [3.8, 4) is 34.3 Å². The Labute approximate surface area is 168 Å². The average Bonchev–Trinajstić information content (AvgIpc) is 2.71. The summed E-state index contributed by atoms with van der Waals surface area (Å²) >= 11 is 0. The summed E-state index contributed by atoms with van der Waals surface area (Å²) in [7, 11) is 0. The maximum atomic E-state index is 12.6. The van der Waals surface area contributed by atoms with Gasteiger partial charge in [0.1, 0.15) is 46.5 Å². The largest absolute Gasteiger partial charge is 0.508 e. The first kappa shape index (κ1) is 20.0. The molecule has 1 saturated heterocycles. The van der Waals surface area contributed by atoms with Crippen molar-refractivity contribution in [3.63, 3.8) is 0 Å². The summed E-state index contributed by atoms with van der Waals surface area (Å²) in [6.07, 6.45) is -5.68. The van der Waals surface area contributed by atoms with E-state index in [2.05, 4.69) is 0 Å². The van der Waals surface area contributed by atoms with E-state index in [0.29, 0.717) is 5.56 Å². The van der Waals surface area contributed by atoms with E-state index >= 15 is 0 Å². The third-order valence-corrected chi connectivity index (χ3v) is 4.76. The van der Waals surface area contributed by atoms with Crippen molar-refractivity contribution < 1.29 is 44.5 Å². The predicted octanol–water partition coefficient (Wildman–Crippen LogP) is 0.395. The fourth-order valence-corrected chi connectivity index (χ4v) is 3.16. The van der Waals surface area contributed by atoms with Crippen LogP contribution in [0.5, 0.6) is 23.0 Å². The van der Waals surface area contributed by atoms with Crippen LogP contribution in [0, 0.1) is 0 Å². The molecule has 1 aromatic heterocycles. The number of hydrogen-bond donors (Lipinski definition) is 6. The molecule has 0 bridgehead atoms. The highest BCUT2D eigenvalue weighted by Gasteiger charge is 2.39. The topological polar surface area (TPSA) is 170 Å². The van der Waals surface area contributed by atoms with Crippen molar-refractivity contribution in [3.05, 3.63) is 46.6 Å². The van der Waals surface area contributed by atoms with Gasteiger partial charge in [-0.3, -0.25) is 4.79 Å². The van der Waals surface area contributed by atoms with Crippen LogP contribution in [0.4, 0.5) is 0 Å². The maximum absolute atomic E-state index is 12.6. The Kier molecular flexibility index (Phi) is 5.00.